The third-order valence-electron chi connectivity index (χ3n) is 2.93. The van der Waals surface area contributed by atoms with E-state index >= 15 is 0 Å². The number of aryl methyl sites for hydroxylation is 2. The Hall–Kier alpha value is -0.320. The van der Waals surface area contributed by atoms with E-state index in [-0.39, 0.29) is 0 Å². The van der Waals surface area contributed by atoms with Gasteiger partial charge >= 0.3 is 0 Å². The van der Waals surface area contributed by atoms with E-state index in [0.717, 1.165) is 21.8 Å². The minimum atomic E-state index is 0.633. The molecule has 0 bridgehead atoms. The number of rotatable bonds is 1. The van der Waals surface area contributed by atoms with Crippen molar-refractivity contribution in [3.8, 4) is 0 Å². The van der Waals surface area contributed by atoms with Crippen molar-refractivity contribution < 1.29 is 0 Å². The van der Waals surface area contributed by atoms with Crippen LogP contribution in [0.5, 0.6) is 0 Å². The summed E-state index contributed by atoms with van der Waals surface area (Å²) in [6, 6.07) is 0. The van der Waals surface area contributed by atoms with Crippen molar-refractivity contribution in [3.05, 3.63) is 15.6 Å². The highest BCUT2D eigenvalue weighted by Crippen LogP contribution is 2.38. The lowest BCUT2D eigenvalue weighted by atomic mass is 9.97. The fraction of sp³-hybridized carbons (Fsp3) is 0.455. The van der Waals surface area contributed by atoms with E-state index in [9.17, 15) is 0 Å². The summed E-state index contributed by atoms with van der Waals surface area (Å²) in [4.78, 5) is 11.4. The van der Waals surface area contributed by atoms with Crippen LogP contribution >= 0.6 is 34.7 Å². The van der Waals surface area contributed by atoms with Crippen molar-refractivity contribution >= 4 is 44.9 Å². The second kappa shape index (κ2) is 4.17. The Labute approximate surface area is 107 Å². The number of halogens is 1. The zero-order chi connectivity index (χ0) is 11.1. The minimum Gasteiger partial charge on any atom is -0.211 e. The smallest absolute Gasteiger partial charge is 0.190 e. The molecule has 0 radical (unpaired) electrons. The van der Waals surface area contributed by atoms with E-state index in [2.05, 4.69) is 9.97 Å². The van der Waals surface area contributed by atoms with Crippen molar-refractivity contribution in [1.29, 1.82) is 0 Å². The van der Waals surface area contributed by atoms with Gasteiger partial charge in [0.25, 0.3) is 0 Å². The van der Waals surface area contributed by atoms with Crippen molar-refractivity contribution in [1.82, 2.24) is 9.97 Å². The molecule has 0 saturated carbocycles. The Kier molecular flexibility index (Phi) is 2.81. The van der Waals surface area contributed by atoms with E-state index in [0.29, 0.717) is 5.15 Å². The molecule has 0 aliphatic heterocycles. The van der Waals surface area contributed by atoms with Crippen LogP contribution in [0.1, 0.15) is 23.3 Å². The highest BCUT2D eigenvalue weighted by Gasteiger charge is 2.20. The van der Waals surface area contributed by atoms with E-state index in [1.54, 1.807) is 23.1 Å². The van der Waals surface area contributed by atoms with E-state index in [1.807, 2.05) is 6.26 Å². The fourth-order valence-corrected chi connectivity index (χ4v) is 4.26. The lowest BCUT2D eigenvalue weighted by Crippen LogP contribution is -1.98. The van der Waals surface area contributed by atoms with E-state index in [1.165, 1.54) is 29.7 Å². The van der Waals surface area contributed by atoms with Gasteiger partial charge in [0, 0.05) is 4.88 Å². The summed E-state index contributed by atoms with van der Waals surface area (Å²) >= 11 is 9.60. The summed E-state index contributed by atoms with van der Waals surface area (Å²) in [6.07, 6.45) is 6.85. The number of thioether (sulfide) groups is 1. The van der Waals surface area contributed by atoms with Crippen molar-refractivity contribution in [2.24, 2.45) is 0 Å². The van der Waals surface area contributed by atoms with Crippen LogP contribution in [-0.2, 0) is 12.8 Å². The summed E-state index contributed by atoms with van der Waals surface area (Å²) in [7, 11) is 0. The summed E-state index contributed by atoms with van der Waals surface area (Å²) in [5, 5.41) is 2.52. The van der Waals surface area contributed by atoms with Crippen molar-refractivity contribution in [2.75, 3.05) is 6.26 Å². The van der Waals surface area contributed by atoms with Crippen LogP contribution in [0.25, 0.3) is 10.2 Å². The number of nitrogens with zero attached hydrogens (tertiary/aromatic N) is 2. The molecule has 0 saturated heterocycles. The number of thiophene rings is 1. The van der Waals surface area contributed by atoms with Gasteiger partial charge in [-0.15, -0.1) is 11.3 Å². The number of hydrogen-bond donors (Lipinski definition) is 0. The zero-order valence-corrected chi connectivity index (χ0v) is 11.3. The predicted molar refractivity (Wildman–Crippen MR) is 70.8 cm³/mol. The Balaban J connectivity index is 2.30. The van der Waals surface area contributed by atoms with Gasteiger partial charge in [-0.2, -0.15) is 0 Å². The van der Waals surface area contributed by atoms with Crippen LogP contribution in [0.15, 0.2) is 5.16 Å². The average Bonchev–Trinajstić information content (AvgIpc) is 2.67. The second-order valence-electron chi connectivity index (χ2n) is 3.89. The molecule has 0 unspecified atom stereocenters. The van der Waals surface area contributed by atoms with Gasteiger partial charge in [-0.3, -0.25) is 0 Å². The normalized spacial score (nSPS) is 15.4. The van der Waals surface area contributed by atoms with Crippen LogP contribution in [0, 0.1) is 0 Å². The Morgan fingerprint density at radius 3 is 2.88 bits per heavy atom. The molecule has 2 nitrogen and oxygen atoms in total. The Morgan fingerprint density at radius 1 is 1.25 bits per heavy atom. The van der Waals surface area contributed by atoms with Gasteiger partial charge < -0.3 is 0 Å². The second-order valence-corrected chi connectivity index (χ2v) is 6.11. The lowest BCUT2D eigenvalue weighted by Gasteiger charge is -2.10. The lowest BCUT2D eigenvalue weighted by molar-refractivity contribution is 0.700. The molecule has 84 valence electrons. The third kappa shape index (κ3) is 1.63. The van der Waals surface area contributed by atoms with Crippen LogP contribution in [0.3, 0.4) is 0 Å². The van der Waals surface area contributed by atoms with Gasteiger partial charge in [0.2, 0.25) is 0 Å². The SMILES string of the molecule is CSc1nc(Cl)c2c3c(sc2n1)CCCC3. The fourth-order valence-electron chi connectivity index (χ4n) is 2.19. The first-order chi connectivity index (χ1) is 7.79. The van der Waals surface area contributed by atoms with Gasteiger partial charge in [-0.05, 0) is 37.5 Å². The topological polar surface area (TPSA) is 25.8 Å². The molecule has 0 aromatic carbocycles. The van der Waals surface area contributed by atoms with E-state index < -0.39 is 0 Å². The first kappa shape index (κ1) is 10.8. The molecule has 0 spiro atoms. The first-order valence-electron chi connectivity index (χ1n) is 5.31. The third-order valence-corrected chi connectivity index (χ3v) is 4.94. The molecule has 16 heavy (non-hydrogen) atoms. The minimum absolute atomic E-state index is 0.633. The maximum Gasteiger partial charge on any atom is 0.190 e. The van der Waals surface area contributed by atoms with Gasteiger partial charge in [-0.25, -0.2) is 9.97 Å². The summed E-state index contributed by atoms with van der Waals surface area (Å²) in [6.45, 7) is 0. The zero-order valence-electron chi connectivity index (χ0n) is 8.92. The highest BCUT2D eigenvalue weighted by molar-refractivity contribution is 7.98. The molecular formula is C11H11ClN2S2. The molecule has 0 N–H and O–H groups in total. The average molecular weight is 271 g/mol. The Bertz CT molecular complexity index is 550. The molecule has 0 amide bonds. The molecule has 3 rings (SSSR count). The first-order valence-corrected chi connectivity index (χ1v) is 7.73. The van der Waals surface area contributed by atoms with Gasteiger partial charge in [0.1, 0.15) is 9.98 Å². The van der Waals surface area contributed by atoms with Gasteiger partial charge in [-0.1, -0.05) is 23.4 Å². The quantitative estimate of drug-likeness (QED) is 0.446. The van der Waals surface area contributed by atoms with Gasteiger partial charge in [0.05, 0.1) is 5.39 Å². The van der Waals surface area contributed by atoms with E-state index in [4.69, 9.17) is 11.6 Å². The van der Waals surface area contributed by atoms with Crippen LogP contribution in [0.4, 0.5) is 0 Å². The largest absolute Gasteiger partial charge is 0.211 e. The molecular weight excluding hydrogens is 260 g/mol. The molecule has 5 heteroatoms. The number of hydrogen-bond acceptors (Lipinski definition) is 4. The maximum atomic E-state index is 6.26. The highest BCUT2D eigenvalue weighted by atomic mass is 35.5. The van der Waals surface area contributed by atoms with Gasteiger partial charge in [0.15, 0.2) is 5.16 Å². The number of aromatic nitrogens is 2. The summed E-state index contributed by atoms with van der Waals surface area (Å²) in [5.41, 5.74) is 1.41. The summed E-state index contributed by atoms with van der Waals surface area (Å²) < 4.78 is 0. The Morgan fingerprint density at radius 2 is 2.06 bits per heavy atom. The van der Waals surface area contributed by atoms with Crippen molar-refractivity contribution in [3.63, 3.8) is 0 Å². The standard InChI is InChI=1S/C11H11ClN2S2/c1-15-11-13-9(12)8-6-4-2-3-5-7(6)16-10(8)14-11/h2-5H2,1H3. The maximum absolute atomic E-state index is 6.26. The van der Waals surface area contributed by atoms with Crippen LogP contribution < -0.4 is 0 Å². The predicted octanol–water partition coefficient (Wildman–Crippen LogP) is 3.95. The molecule has 0 atom stereocenters. The molecule has 2 heterocycles. The number of fused-ring (bicyclic) bond motifs is 3. The molecule has 0 fully saturated rings. The molecule has 1 aliphatic rings. The monoisotopic (exact) mass is 270 g/mol. The summed E-state index contributed by atoms with van der Waals surface area (Å²) in [5.74, 6) is 0. The van der Waals surface area contributed by atoms with Crippen LogP contribution in [0.2, 0.25) is 5.15 Å². The molecule has 1 aliphatic carbocycles. The molecule has 2 aromatic rings. The van der Waals surface area contributed by atoms with Crippen molar-refractivity contribution in [2.45, 2.75) is 30.8 Å². The molecule has 2 aromatic heterocycles. The van der Waals surface area contributed by atoms with Crippen LogP contribution in [-0.4, -0.2) is 16.2 Å².